The average molecular weight is 425 g/mol. The van der Waals surface area contributed by atoms with Crippen LogP contribution in [0, 0.1) is 5.92 Å². The van der Waals surface area contributed by atoms with Gasteiger partial charge >= 0.3 is 6.03 Å². The van der Waals surface area contributed by atoms with Gasteiger partial charge in [0.25, 0.3) is 0 Å². The number of carbonyl (C=O) groups excluding carboxylic acids is 2. The molecule has 1 atom stereocenters. The highest BCUT2D eigenvalue weighted by molar-refractivity contribution is 5.93. The van der Waals surface area contributed by atoms with E-state index in [1.165, 1.54) is 0 Å². The number of nitrogens with one attached hydrogen (secondary N) is 2. The van der Waals surface area contributed by atoms with Crippen molar-refractivity contribution in [2.24, 2.45) is 5.92 Å². The highest BCUT2D eigenvalue weighted by Gasteiger charge is 2.30. The van der Waals surface area contributed by atoms with Crippen LogP contribution in [-0.4, -0.2) is 56.2 Å². The van der Waals surface area contributed by atoms with E-state index in [0.717, 1.165) is 30.9 Å². The summed E-state index contributed by atoms with van der Waals surface area (Å²) >= 11 is 0. The fraction of sp³-hybridized carbons (Fsp3) is 0.417. The van der Waals surface area contributed by atoms with Crippen molar-refractivity contribution in [3.05, 3.63) is 54.6 Å². The second-order valence-electron chi connectivity index (χ2n) is 8.05. The van der Waals surface area contributed by atoms with Crippen molar-refractivity contribution < 1.29 is 14.3 Å². The summed E-state index contributed by atoms with van der Waals surface area (Å²) in [5.41, 5.74) is 1.82. The standard InChI is InChI=1S/C24H32N4O3/c1-18(2)22(26-24(30)25-19-8-5-4-6-9-19)23(29)28-15-7-14-27(16-17-28)20-10-12-21(31-3)13-11-20/h4-6,8-13,18,22H,7,14-17H2,1-3H3,(H2,25,26,30). The molecule has 1 fully saturated rings. The topological polar surface area (TPSA) is 73.9 Å². The third-order valence-corrected chi connectivity index (χ3v) is 5.50. The SMILES string of the molecule is COc1ccc(N2CCCN(C(=O)C(NC(=O)Nc3ccccc3)C(C)C)CC2)cc1. The van der Waals surface area contributed by atoms with Crippen molar-refractivity contribution in [2.45, 2.75) is 26.3 Å². The molecule has 31 heavy (non-hydrogen) atoms. The molecule has 1 aliphatic rings. The molecule has 166 valence electrons. The molecule has 0 aromatic heterocycles. The number of benzene rings is 2. The number of amides is 3. The third-order valence-electron chi connectivity index (χ3n) is 5.50. The highest BCUT2D eigenvalue weighted by atomic mass is 16.5. The average Bonchev–Trinajstić information content (AvgIpc) is 3.04. The summed E-state index contributed by atoms with van der Waals surface area (Å²) in [5.74, 6) is 0.778. The van der Waals surface area contributed by atoms with Gasteiger partial charge in [-0.3, -0.25) is 4.79 Å². The molecule has 2 N–H and O–H groups in total. The maximum atomic E-state index is 13.3. The Morgan fingerprint density at radius 3 is 2.29 bits per heavy atom. The summed E-state index contributed by atoms with van der Waals surface area (Å²) in [6.45, 7) is 6.83. The molecule has 2 aromatic carbocycles. The van der Waals surface area contributed by atoms with E-state index in [4.69, 9.17) is 4.74 Å². The van der Waals surface area contributed by atoms with Gasteiger partial charge in [-0.1, -0.05) is 32.0 Å². The minimum absolute atomic E-state index is 0.0185. The Morgan fingerprint density at radius 2 is 1.65 bits per heavy atom. The Hall–Kier alpha value is -3.22. The van der Waals surface area contributed by atoms with Gasteiger partial charge in [0.15, 0.2) is 0 Å². The van der Waals surface area contributed by atoms with E-state index in [1.54, 1.807) is 7.11 Å². The summed E-state index contributed by atoms with van der Waals surface area (Å²) in [6.07, 6.45) is 0.874. The molecular weight excluding hydrogens is 392 g/mol. The molecule has 1 heterocycles. The molecular formula is C24H32N4O3. The lowest BCUT2D eigenvalue weighted by atomic mass is 10.0. The zero-order chi connectivity index (χ0) is 22.2. The van der Waals surface area contributed by atoms with E-state index in [2.05, 4.69) is 15.5 Å². The molecule has 0 aliphatic carbocycles. The summed E-state index contributed by atoms with van der Waals surface area (Å²) < 4.78 is 5.24. The molecule has 7 nitrogen and oxygen atoms in total. The van der Waals surface area contributed by atoms with Gasteiger partial charge < -0.3 is 25.2 Å². The number of urea groups is 1. The van der Waals surface area contributed by atoms with Crippen LogP contribution in [0.15, 0.2) is 54.6 Å². The maximum absolute atomic E-state index is 13.3. The van der Waals surface area contributed by atoms with Crippen molar-refractivity contribution in [1.29, 1.82) is 0 Å². The molecule has 2 aromatic rings. The van der Waals surface area contributed by atoms with Gasteiger partial charge in [0.2, 0.25) is 5.91 Å². The lowest BCUT2D eigenvalue weighted by Crippen LogP contribution is -2.53. The quantitative estimate of drug-likeness (QED) is 0.743. The number of carbonyl (C=O) groups is 2. The molecule has 3 amide bonds. The maximum Gasteiger partial charge on any atom is 0.319 e. The molecule has 0 bridgehead atoms. The molecule has 7 heteroatoms. The number of rotatable bonds is 6. The lowest BCUT2D eigenvalue weighted by molar-refractivity contribution is -0.134. The number of para-hydroxylation sites is 1. The normalized spacial score (nSPS) is 15.2. The van der Waals surface area contributed by atoms with Crippen LogP contribution in [0.25, 0.3) is 0 Å². The molecule has 0 radical (unpaired) electrons. The Bertz CT molecular complexity index is 855. The van der Waals surface area contributed by atoms with E-state index in [-0.39, 0.29) is 17.9 Å². The first-order valence-electron chi connectivity index (χ1n) is 10.8. The highest BCUT2D eigenvalue weighted by Crippen LogP contribution is 2.21. The fourth-order valence-electron chi connectivity index (χ4n) is 3.73. The molecule has 0 saturated carbocycles. The van der Waals surface area contributed by atoms with Crippen LogP contribution < -0.4 is 20.3 Å². The Kier molecular flexibility index (Phi) is 7.76. The molecule has 1 saturated heterocycles. The lowest BCUT2D eigenvalue weighted by Gasteiger charge is -2.29. The van der Waals surface area contributed by atoms with E-state index >= 15 is 0 Å². The predicted octanol–water partition coefficient (Wildman–Crippen LogP) is 3.58. The zero-order valence-corrected chi connectivity index (χ0v) is 18.5. The first-order valence-corrected chi connectivity index (χ1v) is 10.8. The van der Waals surface area contributed by atoms with Gasteiger partial charge in [-0.15, -0.1) is 0 Å². The molecule has 3 rings (SSSR count). The number of hydrogen-bond acceptors (Lipinski definition) is 4. The summed E-state index contributed by atoms with van der Waals surface area (Å²) in [5, 5.41) is 5.67. The van der Waals surface area contributed by atoms with Crippen LogP contribution in [0.5, 0.6) is 5.75 Å². The van der Waals surface area contributed by atoms with Gasteiger partial charge in [-0.25, -0.2) is 4.79 Å². The molecule has 1 unspecified atom stereocenters. The number of hydrogen-bond donors (Lipinski definition) is 2. The number of methoxy groups -OCH3 is 1. The van der Waals surface area contributed by atoms with Gasteiger partial charge in [-0.05, 0) is 48.7 Å². The molecule has 0 spiro atoms. The van der Waals surface area contributed by atoms with E-state index in [9.17, 15) is 9.59 Å². The summed E-state index contributed by atoms with van der Waals surface area (Å²) in [4.78, 5) is 29.9. The van der Waals surface area contributed by atoms with Gasteiger partial charge in [0, 0.05) is 37.6 Å². The Balaban J connectivity index is 1.60. The van der Waals surface area contributed by atoms with E-state index in [1.807, 2.05) is 73.3 Å². The van der Waals surface area contributed by atoms with Crippen LogP contribution in [0.4, 0.5) is 16.2 Å². The van der Waals surface area contributed by atoms with Crippen LogP contribution >= 0.6 is 0 Å². The van der Waals surface area contributed by atoms with Gasteiger partial charge in [0.05, 0.1) is 7.11 Å². The van der Waals surface area contributed by atoms with Crippen molar-refractivity contribution in [3.8, 4) is 5.75 Å². The third kappa shape index (κ3) is 6.13. The molecule has 1 aliphatic heterocycles. The van der Waals surface area contributed by atoms with Crippen LogP contribution in [0.2, 0.25) is 0 Å². The zero-order valence-electron chi connectivity index (χ0n) is 18.5. The second-order valence-corrected chi connectivity index (χ2v) is 8.05. The number of nitrogens with zero attached hydrogens (tertiary/aromatic N) is 2. The van der Waals surface area contributed by atoms with E-state index in [0.29, 0.717) is 18.8 Å². The number of ether oxygens (including phenoxy) is 1. The smallest absolute Gasteiger partial charge is 0.319 e. The van der Waals surface area contributed by atoms with Crippen LogP contribution in [0.1, 0.15) is 20.3 Å². The minimum Gasteiger partial charge on any atom is -0.497 e. The van der Waals surface area contributed by atoms with Gasteiger partial charge in [0.1, 0.15) is 11.8 Å². The first kappa shape index (κ1) is 22.5. The Labute approximate surface area is 184 Å². The predicted molar refractivity (Wildman–Crippen MR) is 124 cm³/mol. The van der Waals surface area contributed by atoms with Gasteiger partial charge in [-0.2, -0.15) is 0 Å². The Morgan fingerprint density at radius 1 is 0.935 bits per heavy atom. The number of anilines is 2. The summed E-state index contributed by atoms with van der Waals surface area (Å²) in [7, 11) is 1.66. The van der Waals surface area contributed by atoms with Crippen molar-refractivity contribution in [1.82, 2.24) is 10.2 Å². The summed E-state index contributed by atoms with van der Waals surface area (Å²) in [6, 6.07) is 16.3. The van der Waals surface area contributed by atoms with Crippen molar-refractivity contribution in [3.63, 3.8) is 0 Å². The monoisotopic (exact) mass is 424 g/mol. The minimum atomic E-state index is -0.573. The fourth-order valence-corrected chi connectivity index (χ4v) is 3.73. The van der Waals surface area contributed by atoms with Crippen molar-refractivity contribution in [2.75, 3.05) is 43.5 Å². The second kappa shape index (κ2) is 10.7. The van der Waals surface area contributed by atoms with E-state index < -0.39 is 6.04 Å². The van der Waals surface area contributed by atoms with Crippen molar-refractivity contribution >= 4 is 23.3 Å². The first-order chi connectivity index (χ1) is 15.0. The largest absolute Gasteiger partial charge is 0.497 e. The van der Waals surface area contributed by atoms with Crippen LogP contribution in [0.3, 0.4) is 0 Å². The van der Waals surface area contributed by atoms with Crippen LogP contribution in [-0.2, 0) is 4.79 Å².